The number of hydrogen-bond donors (Lipinski definition) is 0. The molecule has 0 radical (unpaired) electrons. The molecule has 1 heteroatoms. The molecule has 0 heterocycles. The third kappa shape index (κ3) is 2.60. The van der Waals surface area contributed by atoms with Crippen LogP contribution in [0.25, 0.3) is 0 Å². The molecule has 0 unspecified atom stereocenters. The van der Waals surface area contributed by atoms with Crippen molar-refractivity contribution in [2.75, 3.05) is 0 Å². The monoisotopic (exact) mass is 208 g/mol. The summed E-state index contributed by atoms with van der Waals surface area (Å²) in [6, 6.07) is 1.47. The van der Waals surface area contributed by atoms with Gasteiger partial charge in [-0.25, -0.2) is 0 Å². The average molecular weight is 208 g/mol. The molecule has 0 amide bonds. The van der Waals surface area contributed by atoms with Crippen molar-refractivity contribution < 1.29 is 0 Å². The third-order valence-corrected chi connectivity index (χ3v) is 7.21. The largest absolute Gasteiger partial charge is 0.0766 e. The first kappa shape index (κ1) is 11.8. The van der Waals surface area contributed by atoms with Crippen molar-refractivity contribution in [3.63, 3.8) is 0 Å². The normalized spacial score (nSPS) is 17.6. The summed E-state index contributed by atoms with van der Waals surface area (Å²) in [7, 11) is -1.06. The molecule has 0 aliphatic heterocycles. The van der Waals surface area contributed by atoms with Crippen LogP contribution in [-0.2, 0) is 0 Å². The van der Waals surface area contributed by atoms with E-state index >= 15 is 0 Å². The molecule has 0 aromatic carbocycles. The lowest BCUT2D eigenvalue weighted by molar-refractivity contribution is 0.867. The molecule has 0 N–H and O–H groups in total. The zero-order valence-electron chi connectivity index (χ0n) is 10.4. The van der Waals surface area contributed by atoms with E-state index < -0.39 is 8.07 Å². The molecule has 0 bridgehead atoms. The second-order valence-electron chi connectivity index (χ2n) is 5.30. The third-order valence-electron chi connectivity index (χ3n) is 3.54. The van der Waals surface area contributed by atoms with E-state index in [-0.39, 0.29) is 0 Å². The Balaban J connectivity index is 2.63. The van der Waals surface area contributed by atoms with Gasteiger partial charge in [-0.15, -0.1) is 0 Å². The van der Waals surface area contributed by atoms with E-state index in [9.17, 15) is 0 Å². The molecule has 80 valence electrons. The van der Waals surface area contributed by atoms with E-state index in [1.54, 1.807) is 10.8 Å². The summed E-state index contributed by atoms with van der Waals surface area (Å²) in [6.45, 7) is 11.9. The quantitative estimate of drug-likeness (QED) is 0.587. The van der Waals surface area contributed by atoms with Crippen molar-refractivity contribution in [3.8, 4) is 0 Å². The van der Waals surface area contributed by atoms with E-state index in [0.717, 1.165) is 0 Å². The van der Waals surface area contributed by atoms with E-state index in [0.29, 0.717) is 0 Å². The predicted octanol–water partition coefficient (Wildman–Crippen LogP) is 4.70. The van der Waals surface area contributed by atoms with Gasteiger partial charge in [0.05, 0.1) is 8.07 Å². The summed E-state index contributed by atoms with van der Waals surface area (Å²) in [5, 5.41) is 1.78. The van der Waals surface area contributed by atoms with Crippen LogP contribution in [0.15, 0.2) is 22.4 Å². The summed E-state index contributed by atoms with van der Waals surface area (Å²) in [5.74, 6) is 0. The second-order valence-corrected chi connectivity index (χ2v) is 10.2. The first-order chi connectivity index (χ1) is 6.47. The molecular weight excluding hydrogens is 184 g/mol. The number of allylic oxidation sites excluding steroid dienone is 4. The SMILES string of the molecule is CCCC[Si](C)(C)C1=CC(C)=C(C)C1. The molecule has 14 heavy (non-hydrogen) atoms. The molecule has 0 nitrogen and oxygen atoms in total. The van der Waals surface area contributed by atoms with Gasteiger partial charge in [0.15, 0.2) is 0 Å². The topological polar surface area (TPSA) is 0 Å². The minimum atomic E-state index is -1.06. The Labute approximate surface area is 90.1 Å². The van der Waals surface area contributed by atoms with Gasteiger partial charge in [-0.2, -0.15) is 0 Å². The highest BCUT2D eigenvalue weighted by atomic mass is 28.3. The van der Waals surface area contributed by atoms with Crippen LogP contribution in [0.3, 0.4) is 0 Å². The summed E-state index contributed by atoms with van der Waals surface area (Å²) in [4.78, 5) is 0. The molecule has 1 aliphatic rings. The molecule has 1 rings (SSSR count). The number of hydrogen-bond acceptors (Lipinski definition) is 0. The van der Waals surface area contributed by atoms with E-state index in [1.165, 1.54) is 30.9 Å². The highest BCUT2D eigenvalue weighted by Crippen LogP contribution is 2.34. The minimum Gasteiger partial charge on any atom is -0.0766 e. The van der Waals surface area contributed by atoms with Gasteiger partial charge < -0.3 is 0 Å². The maximum Gasteiger partial charge on any atom is 0.0759 e. The average Bonchev–Trinajstić information content (AvgIpc) is 2.45. The fourth-order valence-electron chi connectivity index (χ4n) is 2.07. The van der Waals surface area contributed by atoms with Gasteiger partial charge in [0.1, 0.15) is 0 Å². The van der Waals surface area contributed by atoms with Crippen LogP contribution >= 0.6 is 0 Å². The minimum absolute atomic E-state index is 1.06. The number of unbranched alkanes of at least 4 members (excludes halogenated alkanes) is 1. The maximum absolute atomic E-state index is 2.53. The summed E-state index contributed by atoms with van der Waals surface area (Å²) in [6.07, 6.45) is 6.50. The van der Waals surface area contributed by atoms with Crippen LogP contribution in [-0.4, -0.2) is 8.07 Å². The Kier molecular flexibility index (Phi) is 3.76. The molecule has 1 aliphatic carbocycles. The maximum atomic E-state index is 2.53. The van der Waals surface area contributed by atoms with Crippen LogP contribution in [0.4, 0.5) is 0 Å². The van der Waals surface area contributed by atoms with Gasteiger partial charge in [-0.3, -0.25) is 0 Å². The van der Waals surface area contributed by atoms with Crippen LogP contribution in [0, 0.1) is 0 Å². The Morgan fingerprint density at radius 2 is 1.93 bits per heavy atom. The van der Waals surface area contributed by atoms with Gasteiger partial charge in [0, 0.05) is 0 Å². The molecule has 0 fully saturated rings. The van der Waals surface area contributed by atoms with Crippen LogP contribution in [0.1, 0.15) is 40.0 Å². The van der Waals surface area contributed by atoms with Crippen LogP contribution in [0.5, 0.6) is 0 Å². The molecule has 0 saturated heterocycles. The van der Waals surface area contributed by atoms with Gasteiger partial charge >= 0.3 is 0 Å². The molecule has 0 atom stereocenters. The van der Waals surface area contributed by atoms with Gasteiger partial charge in [0.2, 0.25) is 0 Å². The van der Waals surface area contributed by atoms with Crippen molar-refractivity contribution in [1.29, 1.82) is 0 Å². The van der Waals surface area contributed by atoms with E-state index in [1.807, 2.05) is 0 Å². The standard InChI is InChI=1S/C13H24Si/c1-6-7-8-14(4,5)13-9-11(2)12(3)10-13/h9H,6-8,10H2,1-5H3. The molecule has 0 aromatic rings. The first-order valence-corrected chi connectivity index (χ1v) is 9.05. The first-order valence-electron chi connectivity index (χ1n) is 5.85. The van der Waals surface area contributed by atoms with Crippen molar-refractivity contribution >= 4 is 8.07 Å². The zero-order valence-corrected chi connectivity index (χ0v) is 11.4. The Bertz CT molecular complexity index is 269. The molecule has 0 aromatic heterocycles. The van der Waals surface area contributed by atoms with Crippen molar-refractivity contribution in [1.82, 2.24) is 0 Å². The highest BCUT2D eigenvalue weighted by Gasteiger charge is 2.27. The van der Waals surface area contributed by atoms with Gasteiger partial charge in [-0.1, -0.05) is 61.3 Å². The fraction of sp³-hybridized carbons (Fsp3) is 0.692. The number of rotatable bonds is 4. The van der Waals surface area contributed by atoms with E-state index in [2.05, 4.69) is 39.9 Å². The zero-order chi connectivity index (χ0) is 10.8. The predicted molar refractivity (Wildman–Crippen MR) is 68.3 cm³/mol. The summed E-state index contributed by atoms with van der Waals surface area (Å²) in [5.41, 5.74) is 3.12. The Morgan fingerprint density at radius 3 is 2.36 bits per heavy atom. The molecular formula is C13H24Si. The lowest BCUT2D eigenvalue weighted by Crippen LogP contribution is -2.28. The summed E-state index contributed by atoms with van der Waals surface area (Å²) >= 11 is 0. The van der Waals surface area contributed by atoms with Crippen molar-refractivity contribution in [2.45, 2.75) is 59.2 Å². The highest BCUT2D eigenvalue weighted by molar-refractivity contribution is 6.84. The van der Waals surface area contributed by atoms with Gasteiger partial charge in [-0.05, 0) is 20.3 Å². The fourth-order valence-corrected chi connectivity index (χ4v) is 4.98. The lowest BCUT2D eigenvalue weighted by atomic mass is 10.2. The van der Waals surface area contributed by atoms with Crippen LogP contribution < -0.4 is 0 Å². The summed E-state index contributed by atoms with van der Waals surface area (Å²) < 4.78 is 0. The second kappa shape index (κ2) is 4.48. The van der Waals surface area contributed by atoms with Crippen LogP contribution in [0.2, 0.25) is 19.1 Å². The Hall–Kier alpha value is -0.303. The van der Waals surface area contributed by atoms with Crippen molar-refractivity contribution in [3.05, 3.63) is 22.4 Å². The molecule has 0 saturated carbocycles. The van der Waals surface area contributed by atoms with Gasteiger partial charge in [0.25, 0.3) is 0 Å². The van der Waals surface area contributed by atoms with E-state index in [4.69, 9.17) is 0 Å². The molecule has 0 spiro atoms. The Morgan fingerprint density at radius 1 is 1.29 bits per heavy atom. The smallest absolute Gasteiger partial charge is 0.0759 e. The lowest BCUT2D eigenvalue weighted by Gasteiger charge is -2.24. The van der Waals surface area contributed by atoms with Crippen molar-refractivity contribution in [2.24, 2.45) is 0 Å².